The Balaban J connectivity index is 2.39. The molecule has 0 heterocycles. The van der Waals surface area contributed by atoms with E-state index in [1.54, 1.807) is 29.2 Å². The molecule has 104 valence electrons. The largest absolute Gasteiger partial charge is 0.399 e. The first-order valence-electron chi connectivity index (χ1n) is 6.25. The zero-order valence-corrected chi connectivity index (χ0v) is 11.3. The van der Waals surface area contributed by atoms with Crippen molar-refractivity contribution in [2.45, 2.75) is 13.8 Å². The maximum atomic E-state index is 11.7. The highest BCUT2D eigenvalue weighted by molar-refractivity contribution is 5.92. The molecule has 0 unspecified atom stereocenters. The molecule has 0 atom stereocenters. The predicted molar refractivity (Wildman–Crippen MR) is 75.8 cm³/mol. The van der Waals surface area contributed by atoms with Crippen LogP contribution in [0.15, 0.2) is 24.3 Å². The minimum atomic E-state index is -0.412. The number of nitrogens with two attached hydrogens (primary N) is 1. The average molecular weight is 264 g/mol. The second-order valence-electron chi connectivity index (χ2n) is 4.00. The lowest BCUT2D eigenvalue weighted by molar-refractivity contribution is -0.129. The van der Waals surface area contributed by atoms with Crippen LogP contribution in [0.2, 0.25) is 0 Å². The number of hydrogen-bond donors (Lipinski definition) is 3. The fourth-order valence-corrected chi connectivity index (χ4v) is 1.59. The standard InChI is InChI=1S/C13H20N4O2/c1-3-17(4-2)12(18)9-15-13(19)16-11-7-5-10(14)6-8-11/h5-8H,3-4,9,14H2,1-2H3,(H2,15,16,19). The van der Waals surface area contributed by atoms with Gasteiger partial charge in [0.1, 0.15) is 0 Å². The van der Waals surface area contributed by atoms with Crippen LogP contribution in [0.25, 0.3) is 0 Å². The molecule has 19 heavy (non-hydrogen) atoms. The molecule has 0 fully saturated rings. The normalized spacial score (nSPS) is 9.79. The fraction of sp³-hybridized carbons (Fsp3) is 0.385. The van der Waals surface area contributed by atoms with E-state index < -0.39 is 6.03 Å². The van der Waals surface area contributed by atoms with Crippen molar-refractivity contribution in [1.29, 1.82) is 0 Å². The van der Waals surface area contributed by atoms with Gasteiger partial charge >= 0.3 is 6.03 Å². The first-order valence-corrected chi connectivity index (χ1v) is 6.25. The summed E-state index contributed by atoms with van der Waals surface area (Å²) >= 11 is 0. The Morgan fingerprint density at radius 3 is 2.26 bits per heavy atom. The molecule has 3 amide bonds. The number of carbonyl (C=O) groups excluding carboxylic acids is 2. The summed E-state index contributed by atoms with van der Waals surface area (Å²) in [5.41, 5.74) is 6.80. The van der Waals surface area contributed by atoms with Crippen molar-refractivity contribution < 1.29 is 9.59 Å². The molecule has 0 aliphatic carbocycles. The van der Waals surface area contributed by atoms with Crippen molar-refractivity contribution in [3.8, 4) is 0 Å². The molecular weight excluding hydrogens is 244 g/mol. The summed E-state index contributed by atoms with van der Waals surface area (Å²) < 4.78 is 0. The number of nitrogens with zero attached hydrogens (tertiary/aromatic N) is 1. The number of amides is 3. The van der Waals surface area contributed by atoms with E-state index in [0.717, 1.165) is 0 Å². The van der Waals surface area contributed by atoms with Crippen molar-refractivity contribution in [3.05, 3.63) is 24.3 Å². The van der Waals surface area contributed by atoms with E-state index >= 15 is 0 Å². The Labute approximate surface area is 113 Å². The third kappa shape index (κ3) is 4.87. The predicted octanol–water partition coefficient (Wildman–Crippen LogP) is 1.26. The fourth-order valence-electron chi connectivity index (χ4n) is 1.59. The Hall–Kier alpha value is -2.24. The second-order valence-corrected chi connectivity index (χ2v) is 4.00. The number of hydrogen-bond acceptors (Lipinski definition) is 3. The van der Waals surface area contributed by atoms with Gasteiger partial charge in [-0.2, -0.15) is 0 Å². The van der Waals surface area contributed by atoms with E-state index in [2.05, 4.69) is 10.6 Å². The van der Waals surface area contributed by atoms with Gasteiger partial charge in [0.25, 0.3) is 0 Å². The van der Waals surface area contributed by atoms with Gasteiger partial charge in [-0.25, -0.2) is 4.79 Å². The van der Waals surface area contributed by atoms with Gasteiger partial charge < -0.3 is 21.3 Å². The third-order valence-electron chi connectivity index (χ3n) is 2.68. The molecule has 0 bridgehead atoms. The first-order chi connectivity index (χ1) is 9.06. The lowest BCUT2D eigenvalue weighted by atomic mass is 10.3. The minimum Gasteiger partial charge on any atom is -0.399 e. The summed E-state index contributed by atoms with van der Waals surface area (Å²) in [5, 5.41) is 5.15. The molecule has 0 spiro atoms. The summed E-state index contributed by atoms with van der Waals surface area (Å²) in [7, 11) is 0. The smallest absolute Gasteiger partial charge is 0.319 e. The molecule has 6 heteroatoms. The van der Waals surface area contributed by atoms with Crippen LogP contribution in [-0.4, -0.2) is 36.5 Å². The van der Waals surface area contributed by atoms with Crippen LogP contribution < -0.4 is 16.4 Å². The van der Waals surface area contributed by atoms with Gasteiger partial charge in [0.2, 0.25) is 5.91 Å². The molecule has 0 aliphatic heterocycles. The Bertz CT molecular complexity index is 427. The van der Waals surface area contributed by atoms with Crippen molar-refractivity contribution >= 4 is 23.3 Å². The zero-order chi connectivity index (χ0) is 14.3. The maximum Gasteiger partial charge on any atom is 0.319 e. The average Bonchev–Trinajstić information content (AvgIpc) is 2.40. The molecule has 0 saturated heterocycles. The van der Waals surface area contributed by atoms with Crippen LogP contribution in [0.4, 0.5) is 16.2 Å². The zero-order valence-electron chi connectivity index (χ0n) is 11.3. The third-order valence-corrected chi connectivity index (χ3v) is 2.68. The van der Waals surface area contributed by atoms with Crippen LogP contribution in [0.5, 0.6) is 0 Å². The van der Waals surface area contributed by atoms with Crippen LogP contribution in [0, 0.1) is 0 Å². The van der Waals surface area contributed by atoms with E-state index in [9.17, 15) is 9.59 Å². The van der Waals surface area contributed by atoms with Gasteiger partial charge in [-0.3, -0.25) is 4.79 Å². The van der Waals surface area contributed by atoms with Crippen molar-refractivity contribution in [3.63, 3.8) is 0 Å². The number of anilines is 2. The number of likely N-dealkylation sites (N-methyl/N-ethyl adjacent to an activating group) is 1. The number of benzene rings is 1. The summed E-state index contributed by atoms with van der Waals surface area (Å²) in [5.74, 6) is -0.0996. The highest BCUT2D eigenvalue weighted by Crippen LogP contribution is 2.09. The maximum absolute atomic E-state index is 11.7. The molecule has 0 radical (unpaired) electrons. The van der Waals surface area contributed by atoms with Crippen molar-refractivity contribution in [1.82, 2.24) is 10.2 Å². The van der Waals surface area contributed by atoms with Gasteiger partial charge in [0, 0.05) is 24.5 Å². The van der Waals surface area contributed by atoms with E-state index in [1.165, 1.54) is 0 Å². The van der Waals surface area contributed by atoms with E-state index in [0.29, 0.717) is 24.5 Å². The molecule has 4 N–H and O–H groups in total. The summed E-state index contributed by atoms with van der Waals surface area (Å²) in [6.07, 6.45) is 0. The first kappa shape index (κ1) is 14.8. The van der Waals surface area contributed by atoms with E-state index in [-0.39, 0.29) is 12.5 Å². The van der Waals surface area contributed by atoms with Crippen LogP contribution >= 0.6 is 0 Å². The number of carbonyl (C=O) groups is 2. The molecular formula is C13H20N4O2. The summed E-state index contributed by atoms with van der Waals surface area (Å²) in [4.78, 5) is 24.9. The topological polar surface area (TPSA) is 87.5 Å². The van der Waals surface area contributed by atoms with Crippen LogP contribution in [-0.2, 0) is 4.79 Å². The number of nitrogens with one attached hydrogen (secondary N) is 2. The highest BCUT2D eigenvalue weighted by atomic mass is 16.2. The monoisotopic (exact) mass is 264 g/mol. The lowest BCUT2D eigenvalue weighted by Crippen LogP contribution is -2.41. The van der Waals surface area contributed by atoms with Gasteiger partial charge in [-0.15, -0.1) is 0 Å². The molecule has 1 aromatic carbocycles. The Morgan fingerprint density at radius 1 is 1.16 bits per heavy atom. The number of rotatable bonds is 5. The van der Waals surface area contributed by atoms with Gasteiger partial charge in [0.15, 0.2) is 0 Å². The Kier molecular flexibility index (Phi) is 5.66. The van der Waals surface area contributed by atoms with Crippen LogP contribution in [0.1, 0.15) is 13.8 Å². The highest BCUT2D eigenvalue weighted by Gasteiger charge is 2.10. The van der Waals surface area contributed by atoms with Crippen LogP contribution in [0.3, 0.4) is 0 Å². The molecule has 0 aliphatic rings. The van der Waals surface area contributed by atoms with Crippen molar-refractivity contribution in [2.24, 2.45) is 0 Å². The molecule has 1 rings (SSSR count). The SMILES string of the molecule is CCN(CC)C(=O)CNC(=O)Nc1ccc(N)cc1. The van der Waals surface area contributed by atoms with Gasteiger partial charge in [-0.1, -0.05) is 0 Å². The van der Waals surface area contributed by atoms with E-state index in [4.69, 9.17) is 5.73 Å². The Morgan fingerprint density at radius 2 is 1.74 bits per heavy atom. The lowest BCUT2D eigenvalue weighted by Gasteiger charge is -2.18. The summed E-state index contributed by atoms with van der Waals surface area (Å²) in [6, 6.07) is 6.36. The minimum absolute atomic E-state index is 0.0114. The molecule has 0 aromatic heterocycles. The molecule has 0 saturated carbocycles. The quantitative estimate of drug-likeness (QED) is 0.700. The molecule has 6 nitrogen and oxygen atoms in total. The van der Waals surface area contributed by atoms with E-state index in [1.807, 2.05) is 13.8 Å². The van der Waals surface area contributed by atoms with Gasteiger partial charge in [0.05, 0.1) is 6.54 Å². The van der Waals surface area contributed by atoms with Crippen molar-refractivity contribution in [2.75, 3.05) is 30.7 Å². The number of urea groups is 1. The summed E-state index contributed by atoms with van der Waals surface area (Å²) in [6.45, 7) is 5.06. The number of nitrogen functional groups attached to an aromatic ring is 1. The second kappa shape index (κ2) is 7.25. The van der Waals surface area contributed by atoms with Gasteiger partial charge in [-0.05, 0) is 38.1 Å². The molecule has 1 aromatic rings.